The molecule has 1 amide bonds. The zero-order chi connectivity index (χ0) is 18.3. The summed E-state index contributed by atoms with van der Waals surface area (Å²) in [6.45, 7) is 6.41. The summed E-state index contributed by atoms with van der Waals surface area (Å²) in [4.78, 5) is 29.6. The van der Waals surface area contributed by atoms with Gasteiger partial charge in [0.2, 0.25) is 5.65 Å². The van der Waals surface area contributed by atoms with E-state index in [1.807, 2.05) is 41.8 Å². The quantitative estimate of drug-likeness (QED) is 0.598. The minimum Gasteiger partial charge on any atom is -0.422 e. The number of carbonyl (C=O) groups is 1. The molecule has 0 bridgehead atoms. The lowest BCUT2D eigenvalue weighted by atomic mass is 10.2. The van der Waals surface area contributed by atoms with Gasteiger partial charge in [-0.05, 0) is 53.5 Å². The van der Waals surface area contributed by atoms with E-state index in [-0.39, 0.29) is 5.91 Å². The molecule has 1 aliphatic rings. The summed E-state index contributed by atoms with van der Waals surface area (Å²) < 4.78 is 6.57. The normalized spacial score (nSPS) is 14.9. The molecule has 4 heterocycles. The molecule has 26 heavy (non-hydrogen) atoms. The minimum atomic E-state index is 0.00241. The Morgan fingerprint density at radius 1 is 1.15 bits per heavy atom. The summed E-state index contributed by atoms with van der Waals surface area (Å²) in [6, 6.07) is 6.21. The second-order valence-corrected chi connectivity index (χ2v) is 7.13. The van der Waals surface area contributed by atoms with Crippen LogP contribution in [0.2, 0.25) is 0 Å². The molecule has 0 saturated carbocycles. The van der Waals surface area contributed by atoms with Crippen LogP contribution in [0, 0.1) is 13.8 Å². The van der Waals surface area contributed by atoms with Crippen molar-refractivity contribution >= 4 is 39.1 Å². The molecule has 8 heteroatoms. The molecule has 1 fully saturated rings. The summed E-state index contributed by atoms with van der Waals surface area (Å²) in [7, 11) is 0. The lowest BCUT2D eigenvalue weighted by Gasteiger charge is -2.33. The average molecular weight is 416 g/mol. The van der Waals surface area contributed by atoms with Crippen LogP contribution in [-0.2, 0) is 0 Å². The van der Waals surface area contributed by atoms with Crippen LogP contribution >= 0.6 is 15.9 Å². The van der Waals surface area contributed by atoms with Gasteiger partial charge in [0.05, 0.1) is 5.56 Å². The van der Waals surface area contributed by atoms with Crippen molar-refractivity contribution in [1.82, 2.24) is 19.9 Å². The highest BCUT2D eigenvalue weighted by Gasteiger charge is 2.25. The second kappa shape index (κ2) is 6.68. The highest BCUT2D eigenvalue weighted by Crippen LogP contribution is 2.22. The Morgan fingerprint density at radius 2 is 1.92 bits per heavy atom. The smallest absolute Gasteiger partial charge is 0.300 e. The molecule has 7 nitrogen and oxygen atoms in total. The Kier molecular flexibility index (Phi) is 4.36. The second-order valence-electron chi connectivity index (χ2n) is 6.38. The molecular weight excluding hydrogens is 398 g/mol. The standard InChI is InChI=1S/C18H18BrN5O2/c1-11-9-13(10-20-15(11)19)17(25)23-5-7-24(8-6-23)18-22-16-14(26-18)4-3-12(2)21-16/h3-4,9-10H,5-8H2,1-2H3. The number of piperazine rings is 1. The maximum atomic E-state index is 12.7. The van der Waals surface area contributed by atoms with Gasteiger partial charge >= 0.3 is 0 Å². The monoisotopic (exact) mass is 415 g/mol. The van der Waals surface area contributed by atoms with Gasteiger partial charge in [-0.2, -0.15) is 4.98 Å². The molecule has 0 radical (unpaired) electrons. The minimum absolute atomic E-state index is 0.00241. The van der Waals surface area contributed by atoms with E-state index >= 15 is 0 Å². The fraction of sp³-hybridized carbons (Fsp3) is 0.333. The Balaban J connectivity index is 1.46. The number of aryl methyl sites for hydroxylation is 2. The summed E-state index contributed by atoms with van der Waals surface area (Å²) in [5, 5.41) is 0. The number of oxazole rings is 1. The van der Waals surface area contributed by atoms with Gasteiger partial charge in [0, 0.05) is 38.1 Å². The third kappa shape index (κ3) is 3.16. The molecule has 3 aromatic rings. The van der Waals surface area contributed by atoms with Gasteiger partial charge in [0.1, 0.15) is 4.60 Å². The van der Waals surface area contributed by atoms with E-state index in [4.69, 9.17) is 4.42 Å². The van der Waals surface area contributed by atoms with Crippen LogP contribution in [0.4, 0.5) is 6.01 Å². The zero-order valence-electron chi connectivity index (χ0n) is 14.6. The number of fused-ring (bicyclic) bond motifs is 1. The van der Waals surface area contributed by atoms with Crippen LogP contribution in [0.25, 0.3) is 11.2 Å². The zero-order valence-corrected chi connectivity index (χ0v) is 16.2. The molecular formula is C18H18BrN5O2. The van der Waals surface area contributed by atoms with Crippen molar-refractivity contribution in [1.29, 1.82) is 0 Å². The van der Waals surface area contributed by atoms with Crippen LogP contribution in [0.1, 0.15) is 21.6 Å². The van der Waals surface area contributed by atoms with E-state index < -0.39 is 0 Å². The van der Waals surface area contributed by atoms with Crippen LogP contribution < -0.4 is 4.90 Å². The van der Waals surface area contributed by atoms with Crippen LogP contribution in [0.3, 0.4) is 0 Å². The molecule has 0 unspecified atom stereocenters. The lowest BCUT2D eigenvalue weighted by Crippen LogP contribution is -2.49. The maximum absolute atomic E-state index is 12.7. The van der Waals surface area contributed by atoms with E-state index in [1.54, 1.807) is 6.20 Å². The number of amides is 1. The maximum Gasteiger partial charge on any atom is 0.300 e. The SMILES string of the molecule is Cc1ccc2oc(N3CCN(C(=O)c4cnc(Br)c(C)c4)CC3)nc2n1. The van der Waals surface area contributed by atoms with Crippen LogP contribution in [-0.4, -0.2) is 51.9 Å². The van der Waals surface area contributed by atoms with Gasteiger partial charge in [0.15, 0.2) is 5.58 Å². The molecule has 1 aliphatic heterocycles. The fourth-order valence-electron chi connectivity index (χ4n) is 3.00. The van der Waals surface area contributed by atoms with Crippen molar-refractivity contribution in [2.24, 2.45) is 0 Å². The number of pyridine rings is 2. The first-order valence-corrected chi connectivity index (χ1v) is 9.21. The number of hydrogen-bond donors (Lipinski definition) is 0. The summed E-state index contributed by atoms with van der Waals surface area (Å²) in [5.41, 5.74) is 3.77. The Labute approximate surface area is 159 Å². The first-order valence-electron chi connectivity index (χ1n) is 8.42. The Bertz CT molecular complexity index is 979. The number of hydrogen-bond acceptors (Lipinski definition) is 6. The number of halogens is 1. The van der Waals surface area contributed by atoms with E-state index in [2.05, 4.69) is 30.9 Å². The Hall–Kier alpha value is -2.48. The number of nitrogens with zero attached hydrogens (tertiary/aromatic N) is 5. The summed E-state index contributed by atoms with van der Waals surface area (Å²) >= 11 is 3.36. The first-order chi connectivity index (χ1) is 12.5. The average Bonchev–Trinajstić information content (AvgIpc) is 3.06. The van der Waals surface area contributed by atoms with E-state index in [0.29, 0.717) is 49.0 Å². The third-order valence-electron chi connectivity index (χ3n) is 4.48. The first kappa shape index (κ1) is 17.0. The fourth-order valence-corrected chi connectivity index (χ4v) is 3.21. The molecule has 0 N–H and O–H groups in total. The summed E-state index contributed by atoms with van der Waals surface area (Å²) in [6.07, 6.45) is 1.61. The van der Waals surface area contributed by atoms with Crippen LogP contribution in [0.5, 0.6) is 0 Å². The predicted octanol–water partition coefficient (Wildman–Crippen LogP) is 2.96. The topological polar surface area (TPSA) is 75.4 Å². The van der Waals surface area contributed by atoms with Gasteiger partial charge in [-0.25, -0.2) is 9.97 Å². The van der Waals surface area contributed by atoms with Crippen molar-refractivity contribution in [2.75, 3.05) is 31.1 Å². The van der Waals surface area contributed by atoms with Crippen molar-refractivity contribution in [3.8, 4) is 0 Å². The van der Waals surface area contributed by atoms with Crippen LogP contribution in [0.15, 0.2) is 33.4 Å². The van der Waals surface area contributed by atoms with Crippen molar-refractivity contribution in [3.05, 3.63) is 45.8 Å². The lowest BCUT2D eigenvalue weighted by molar-refractivity contribution is 0.0744. The molecule has 4 rings (SSSR count). The molecule has 0 atom stereocenters. The van der Waals surface area contributed by atoms with Gasteiger partial charge in [-0.3, -0.25) is 4.79 Å². The number of anilines is 1. The van der Waals surface area contributed by atoms with Gasteiger partial charge in [0.25, 0.3) is 11.9 Å². The third-order valence-corrected chi connectivity index (χ3v) is 5.31. The van der Waals surface area contributed by atoms with Crippen molar-refractivity contribution < 1.29 is 9.21 Å². The number of aromatic nitrogens is 3. The van der Waals surface area contributed by atoms with E-state index in [9.17, 15) is 4.79 Å². The van der Waals surface area contributed by atoms with Gasteiger partial charge in [-0.15, -0.1) is 0 Å². The molecule has 1 saturated heterocycles. The summed E-state index contributed by atoms with van der Waals surface area (Å²) in [5.74, 6) is 0.00241. The molecule has 134 valence electrons. The highest BCUT2D eigenvalue weighted by molar-refractivity contribution is 9.10. The molecule has 0 spiro atoms. The van der Waals surface area contributed by atoms with E-state index in [0.717, 1.165) is 15.9 Å². The molecule has 0 aromatic carbocycles. The highest BCUT2D eigenvalue weighted by atomic mass is 79.9. The molecule has 0 aliphatic carbocycles. The van der Waals surface area contributed by atoms with Gasteiger partial charge in [-0.1, -0.05) is 0 Å². The Morgan fingerprint density at radius 3 is 2.65 bits per heavy atom. The van der Waals surface area contributed by atoms with Crippen molar-refractivity contribution in [3.63, 3.8) is 0 Å². The predicted molar refractivity (Wildman–Crippen MR) is 101 cm³/mol. The van der Waals surface area contributed by atoms with Gasteiger partial charge < -0.3 is 14.2 Å². The largest absolute Gasteiger partial charge is 0.422 e. The number of rotatable bonds is 2. The molecule has 3 aromatic heterocycles. The van der Waals surface area contributed by atoms with E-state index in [1.165, 1.54) is 0 Å². The van der Waals surface area contributed by atoms with Crippen molar-refractivity contribution in [2.45, 2.75) is 13.8 Å². The number of carbonyl (C=O) groups excluding carboxylic acids is 1.